The van der Waals surface area contributed by atoms with E-state index in [1.807, 2.05) is 24.3 Å². The van der Waals surface area contributed by atoms with Gasteiger partial charge in [0, 0.05) is 29.1 Å². The Labute approximate surface area is 128 Å². The lowest BCUT2D eigenvalue weighted by atomic mass is 10.1. The number of nitrogens with one attached hydrogen (secondary N) is 1. The Bertz CT molecular complexity index is 801. The van der Waals surface area contributed by atoms with Gasteiger partial charge in [0.1, 0.15) is 0 Å². The number of benzene rings is 1. The second-order valence-electron chi connectivity index (χ2n) is 5.30. The Hall–Kier alpha value is -2.56. The Morgan fingerprint density at radius 2 is 2.14 bits per heavy atom. The molecule has 1 aromatic carbocycles. The summed E-state index contributed by atoms with van der Waals surface area (Å²) >= 11 is 0. The summed E-state index contributed by atoms with van der Waals surface area (Å²) in [5.41, 5.74) is 1.66. The molecule has 0 saturated carbocycles. The van der Waals surface area contributed by atoms with E-state index in [0.29, 0.717) is 18.1 Å². The average Bonchev–Trinajstić information content (AvgIpc) is 3.11. The van der Waals surface area contributed by atoms with Crippen LogP contribution in [0.5, 0.6) is 0 Å². The number of nitrogens with zero attached hydrogens (tertiary/aromatic N) is 1. The number of carbonyl (C=O) groups is 1. The fourth-order valence-electron chi connectivity index (χ4n) is 2.58. The van der Waals surface area contributed by atoms with Crippen LogP contribution in [-0.2, 0) is 6.42 Å². The number of carboxylic acids is 1. The summed E-state index contributed by atoms with van der Waals surface area (Å²) < 4.78 is 5.76. The molecule has 3 aromatic rings. The summed E-state index contributed by atoms with van der Waals surface area (Å²) in [6, 6.07) is 7.72. The van der Waals surface area contributed by atoms with Crippen LogP contribution in [0.15, 0.2) is 34.9 Å². The fourth-order valence-corrected chi connectivity index (χ4v) is 2.58. The van der Waals surface area contributed by atoms with Crippen molar-refractivity contribution >= 4 is 16.9 Å². The summed E-state index contributed by atoms with van der Waals surface area (Å²) in [4.78, 5) is 18.8. The summed E-state index contributed by atoms with van der Waals surface area (Å²) in [6.07, 6.45) is 5.56. The van der Waals surface area contributed by atoms with Gasteiger partial charge in [-0.3, -0.25) is 0 Å². The molecule has 5 heteroatoms. The molecule has 22 heavy (non-hydrogen) atoms. The molecule has 0 aliphatic rings. The monoisotopic (exact) mass is 298 g/mol. The van der Waals surface area contributed by atoms with Crippen LogP contribution < -0.4 is 0 Å². The Balaban J connectivity index is 2.03. The van der Waals surface area contributed by atoms with Gasteiger partial charge in [0.05, 0.1) is 0 Å². The molecule has 0 radical (unpaired) electrons. The van der Waals surface area contributed by atoms with Gasteiger partial charge in [-0.25, -0.2) is 9.78 Å². The summed E-state index contributed by atoms with van der Waals surface area (Å²) in [6.45, 7) is 2.12. The molecular formula is C17H18N2O3. The first-order valence-electron chi connectivity index (χ1n) is 7.50. The van der Waals surface area contributed by atoms with E-state index in [-0.39, 0.29) is 5.69 Å². The summed E-state index contributed by atoms with van der Waals surface area (Å²) in [5.74, 6) is -0.242. The Morgan fingerprint density at radius 1 is 1.32 bits per heavy atom. The number of hydrogen-bond donors (Lipinski definition) is 2. The number of rotatable bonds is 6. The highest BCUT2D eigenvalue weighted by Crippen LogP contribution is 2.32. The van der Waals surface area contributed by atoms with Crippen LogP contribution in [0, 0.1) is 0 Å². The number of fused-ring (bicyclic) bond motifs is 1. The van der Waals surface area contributed by atoms with E-state index >= 15 is 0 Å². The predicted octanol–water partition coefficient (Wildman–Crippen LogP) is 4.25. The van der Waals surface area contributed by atoms with Gasteiger partial charge in [-0.05, 0) is 12.5 Å². The minimum absolute atomic E-state index is 0.0174. The molecule has 3 rings (SSSR count). The van der Waals surface area contributed by atoms with E-state index in [1.165, 1.54) is 0 Å². The van der Waals surface area contributed by atoms with Crippen molar-refractivity contribution in [1.82, 2.24) is 9.97 Å². The van der Waals surface area contributed by atoms with Crippen molar-refractivity contribution in [3.8, 4) is 11.3 Å². The molecule has 0 unspecified atom stereocenters. The topological polar surface area (TPSA) is 79.1 Å². The highest BCUT2D eigenvalue weighted by molar-refractivity contribution is 6.00. The number of para-hydroxylation sites is 1. The lowest BCUT2D eigenvalue weighted by Gasteiger charge is -1.96. The van der Waals surface area contributed by atoms with Crippen LogP contribution in [0.2, 0.25) is 0 Å². The van der Waals surface area contributed by atoms with Crippen LogP contribution in [0.4, 0.5) is 0 Å². The zero-order valence-corrected chi connectivity index (χ0v) is 12.4. The lowest BCUT2D eigenvalue weighted by Crippen LogP contribution is -1.99. The zero-order chi connectivity index (χ0) is 15.5. The molecule has 2 aromatic heterocycles. The molecule has 2 heterocycles. The number of oxazole rings is 1. The van der Waals surface area contributed by atoms with Gasteiger partial charge in [0.2, 0.25) is 0 Å². The third-order valence-corrected chi connectivity index (χ3v) is 3.70. The van der Waals surface area contributed by atoms with Crippen molar-refractivity contribution in [2.45, 2.75) is 32.6 Å². The minimum Gasteiger partial charge on any atom is -0.476 e. The van der Waals surface area contributed by atoms with Crippen LogP contribution >= 0.6 is 0 Å². The van der Waals surface area contributed by atoms with E-state index in [1.54, 1.807) is 6.20 Å². The summed E-state index contributed by atoms with van der Waals surface area (Å²) in [5, 5.41) is 10.3. The number of aryl methyl sites for hydroxylation is 1. The first-order valence-corrected chi connectivity index (χ1v) is 7.50. The van der Waals surface area contributed by atoms with Gasteiger partial charge in [-0.1, -0.05) is 38.0 Å². The quantitative estimate of drug-likeness (QED) is 0.667. The zero-order valence-electron chi connectivity index (χ0n) is 12.4. The SMILES string of the molecule is CCCCCc1nc(C(=O)O)c(-c2c[nH]c3ccccc23)o1. The van der Waals surface area contributed by atoms with Crippen molar-refractivity contribution in [3.63, 3.8) is 0 Å². The largest absolute Gasteiger partial charge is 0.476 e. The fraction of sp³-hybridized carbons (Fsp3) is 0.294. The molecule has 0 bridgehead atoms. The van der Waals surface area contributed by atoms with Gasteiger partial charge in [0.15, 0.2) is 17.3 Å². The maximum Gasteiger partial charge on any atom is 0.358 e. The lowest BCUT2D eigenvalue weighted by molar-refractivity contribution is 0.0691. The van der Waals surface area contributed by atoms with Crippen molar-refractivity contribution < 1.29 is 14.3 Å². The third-order valence-electron chi connectivity index (χ3n) is 3.70. The Kier molecular flexibility index (Phi) is 3.96. The molecule has 0 saturated heterocycles. The van der Waals surface area contributed by atoms with E-state index in [0.717, 1.165) is 35.7 Å². The molecule has 0 spiro atoms. The highest BCUT2D eigenvalue weighted by Gasteiger charge is 2.22. The molecule has 0 amide bonds. The second kappa shape index (κ2) is 6.05. The average molecular weight is 298 g/mol. The number of unbranched alkanes of at least 4 members (excludes halogenated alkanes) is 2. The van der Waals surface area contributed by atoms with Gasteiger partial charge in [0.25, 0.3) is 0 Å². The third kappa shape index (κ3) is 2.62. The van der Waals surface area contributed by atoms with Gasteiger partial charge >= 0.3 is 5.97 Å². The van der Waals surface area contributed by atoms with Crippen LogP contribution in [0.25, 0.3) is 22.2 Å². The summed E-state index contributed by atoms with van der Waals surface area (Å²) in [7, 11) is 0. The molecule has 0 fully saturated rings. The van der Waals surface area contributed by atoms with Crippen LogP contribution in [0.3, 0.4) is 0 Å². The molecule has 0 aliphatic heterocycles. The molecule has 5 nitrogen and oxygen atoms in total. The van der Waals surface area contributed by atoms with Gasteiger partial charge in [-0.15, -0.1) is 0 Å². The predicted molar refractivity (Wildman–Crippen MR) is 84.0 cm³/mol. The number of aromatic nitrogens is 2. The minimum atomic E-state index is -1.06. The van der Waals surface area contributed by atoms with Crippen molar-refractivity contribution in [3.05, 3.63) is 42.0 Å². The second-order valence-corrected chi connectivity index (χ2v) is 5.30. The standard InChI is InChI=1S/C17H18N2O3/c1-2-3-4-9-14-19-15(17(20)21)16(22-14)12-10-18-13-8-6-5-7-11(12)13/h5-8,10,18H,2-4,9H2,1H3,(H,20,21). The molecule has 2 N–H and O–H groups in total. The number of hydrogen-bond acceptors (Lipinski definition) is 3. The molecule has 0 aliphatic carbocycles. The van der Waals surface area contributed by atoms with E-state index in [4.69, 9.17) is 4.42 Å². The van der Waals surface area contributed by atoms with Crippen LogP contribution in [-0.4, -0.2) is 21.0 Å². The smallest absolute Gasteiger partial charge is 0.358 e. The highest BCUT2D eigenvalue weighted by atomic mass is 16.4. The number of aromatic amines is 1. The Morgan fingerprint density at radius 3 is 2.91 bits per heavy atom. The van der Waals surface area contributed by atoms with E-state index < -0.39 is 5.97 Å². The van der Waals surface area contributed by atoms with E-state index in [9.17, 15) is 9.90 Å². The maximum absolute atomic E-state index is 11.5. The van der Waals surface area contributed by atoms with Crippen LogP contribution in [0.1, 0.15) is 42.6 Å². The first kappa shape index (κ1) is 14.4. The van der Waals surface area contributed by atoms with Crippen molar-refractivity contribution in [1.29, 1.82) is 0 Å². The van der Waals surface area contributed by atoms with Crippen molar-refractivity contribution in [2.24, 2.45) is 0 Å². The first-order chi connectivity index (χ1) is 10.7. The van der Waals surface area contributed by atoms with Gasteiger partial charge in [-0.2, -0.15) is 0 Å². The molecular weight excluding hydrogens is 280 g/mol. The molecule has 114 valence electrons. The van der Waals surface area contributed by atoms with Gasteiger partial charge < -0.3 is 14.5 Å². The van der Waals surface area contributed by atoms with E-state index in [2.05, 4.69) is 16.9 Å². The maximum atomic E-state index is 11.5. The normalized spacial score (nSPS) is 11.1. The van der Waals surface area contributed by atoms with Crippen molar-refractivity contribution in [2.75, 3.05) is 0 Å². The number of aromatic carboxylic acids is 1. The number of carboxylic acid groups (broad SMARTS) is 1. The molecule has 0 atom stereocenters. The number of H-pyrrole nitrogens is 1.